The normalized spacial score (nSPS) is 28.3. The summed E-state index contributed by atoms with van der Waals surface area (Å²) in [5, 5.41) is 9.38. The lowest BCUT2D eigenvalue weighted by atomic mass is 9.84. The molecule has 1 aliphatic heterocycles. The standard InChI is InChI=1S/C20H30O3/c1-4-17(21)13-9-6-10-14-18-19(23-20(2,3)22-18)15-16-11-7-5-8-12-16/h16-19,21H,4-5,7-8,11-12,14-15H2,1-3H3. The summed E-state index contributed by atoms with van der Waals surface area (Å²) in [6.45, 7) is 5.85. The van der Waals surface area contributed by atoms with E-state index in [0.717, 1.165) is 12.3 Å². The van der Waals surface area contributed by atoms with Gasteiger partial charge in [-0.05, 0) is 44.4 Å². The molecule has 0 amide bonds. The molecular formula is C20H30O3. The molecule has 0 aromatic rings. The lowest BCUT2D eigenvalue weighted by molar-refractivity contribution is -0.147. The summed E-state index contributed by atoms with van der Waals surface area (Å²) in [7, 11) is 0. The Kier molecular flexibility index (Phi) is 6.97. The van der Waals surface area contributed by atoms with Gasteiger partial charge in [0.25, 0.3) is 0 Å². The molecule has 0 radical (unpaired) electrons. The summed E-state index contributed by atoms with van der Waals surface area (Å²) in [5.41, 5.74) is 0. The molecule has 2 fully saturated rings. The van der Waals surface area contributed by atoms with E-state index in [1.54, 1.807) is 0 Å². The van der Waals surface area contributed by atoms with Crippen LogP contribution >= 0.6 is 0 Å². The first kappa shape index (κ1) is 18.3. The zero-order valence-electron chi connectivity index (χ0n) is 14.7. The van der Waals surface area contributed by atoms with E-state index in [1.165, 1.54) is 32.1 Å². The van der Waals surface area contributed by atoms with Crippen molar-refractivity contribution in [2.75, 3.05) is 0 Å². The minimum atomic E-state index is -0.576. The van der Waals surface area contributed by atoms with Crippen LogP contribution in [-0.2, 0) is 9.47 Å². The molecule has 0 aromatic heterocycles. The molecule has 1 saturated carbocycles. The molecule has 2 rings (SSSR count). The van der Waals surface area contributed by atoms with E-state index in [-0.39, 0.29) is 12.2 Å². The molecule has 3 atom stereocenters. The average molecular weight is 318 g/mol. The quantitative estimate of drug-likeness (QED) is 0.804. The van der Waals surface area contributed by atoms with Gasteiger partial charge < -0.3 is 14.6 Å². The van der Waals surface area contributed by atoms with E-state index in [2.05, 4.69) is 23.7 Å². The van der Waals surface area contributed by atoms with Crippen molar-refractivity contribution < 1.29 is 14.6 Å². The van der Waals surface area contributed by atoms with Crippen LogP contribution < -0.4 is 0 Å². The van der Waals surface area contributed by atoms with Gasteiger partial charge in [-0.2, -0.15) is 0 Å². The molecule has 3 heteroatoms. The van der Waals surface area contributed by atoms with Crippen LogP contribution in [0.3, 0.4) is 0 Å². The van der Waals surface area contributed by atoms with Crippen molar-refractivity contribution in [3.63, 3.8) is 0 Å². The van der Waals surface area contributed by atoms with Crippen molar-refractivity contribution in [3.8, 4) is 23.7 Å². The highest BCUT2D eigenvalue weighted by molar-refractivity contribution is 5.27. The monoisotopic (exact) mass is 318 g/mol. The Balaban J connectivity index is 1.89. The second kappa shape index (κ2) is 8.74. The Morgan fingerprint density at radius 3 is 2.48 bits per heavy atom. The summed E-state index contributed by atoms with van der Waals surface area (Å²) < 4.78 is 12.1. The van der Waals surface area contributed by atoms with Crippen LogP contribution in [0.5, 0.6) is 0 Å². The molecule has 3 unspecified atom stereocenters. The zero-order valence-corrected chi connectivity index (χ0v) is 14.7. The van der Waals surface area contributed by atoms with Gasteiger partial charge in [0, 0.05) is 6.42 Å². The van der Waals surface area contributed by atoms with E-state index < -0.39 is 11.9 Å². The first-order valence-corrected chi connectivity index (χ1v) is 9.02. The number of ether oxygens (including phenoxy) is 2. The third-order valence-corrected chi connectivity index (χ3v) is 4.66. The Hall–Kier alpha value is -1.00. The zero-order chi connectivity index (χ0) is 16.7. The van der Waals surface area contributed by atoms with Crippen LogP contribution in [0.25, 0.3) is 0 Å². The largest absolute Gasteiger partial charge is 0.380 e. The third kappa shape index (κ3) is 6.19. The molecule has 1 saturated heterocycles. The molecule has 1 aliphatic carbocycles. The van der Waals surface area contributed by atoms with Gasteiger partial charge in [0.05, 0.1) is 12.2 Å². The molecule has 3 nitrogen and oxygen atoms in total. The van der Waals surface area contributed by atoms with Gasteiger partial charge in [0.2, 0.25) is 0 Å². The van der Waals surface area contributed by atoms with Gasteiger partial charge in [-0.1, -0.05) is 50.9 Å². The fraction of sp³-hybridized carbons (Fsp3) is 0.800. The van der Waals surface area contributed by atoms with Crippen LogP contribution in [-0.4, -0.2) is 29.2 Å². The fourth-order valence-electron chi connectivity index (χ4n) is 3.45. The van der Waals surface area contributed by atoms with E-state index in [1.807, 2.05) is 20.8 Å². The van der Waals surface area contributed by atoms with Crippen molar-refractivity contribution >= 4 is 0 Å². The van der Waals surface area contributed by atoms with Crippen molar-refractivity contribution in [2.24, 2.45) is 5.92 Å². The lowest BCUT2D eigenvalue weighted by Crippen LogP contribution is -2.26. The summed E-state index contributed by atoms with van der Waals surface area (Å²) in [5.74, 6) is 11.6. The maximum absolute atomic E-state index is 9.38. The van der Waals surface area contributed by atoms with Crippen LogP contribution in [0.4, 0.5) is 0 Å². The van der Waals surface area contributed by atoms with Crippen molar-refractivity contribution in [2.45, 2.75) is 96.2 Å². The molecule has 128 valence electrons. The van der Waals surface area contributed by atoms with E-state index in [4.69, 9.17) is 9.47 Å². The molecule has 2 aliphatic rings. The van der Waals surface area contributed by atoms with Gasteiger partial charge in [-0.3, -0.25) is 0 Å². The van der Waals surface area contributed by atoms with Crippen molar-refractivity contribution in [1.82, 2.24) is 0 Å². The fourth-order valence-corrected chi connectivity index (χ4v) is 3.45. The Bertz CT molecular complexity index is 482. The molecule has 23 heavy (non-hydrogen) atoms. The van der Waals surface area contributed by atoms with E-state index in [9.17, 15) is 5.11 Å². The van der Waals surface area contributed by atoms with Crippen molar-refractivity contribution in [1.29, 1.82) is 0 Å². The van der Waals surface area contributed by atoms with Crippen molar-refractivity contribution in [3.05, 3.63) is 0 Å². The summed E-state index contributed by atoms with van der Waals surface area (Å²) in [6.07, 6.45) is 8.64. The Morgan fingerprint density at radius 1 is 1.09 bits per heavy atom. The summed E-state index contributed by atoms with van der Waals surface area (Å²) >= 11 is 0. The molecule has 0 aromatic carbocycles. The number of hydrogen-bond acceptors (Lipinski definition) is 3. The topological polar surface area (TPSA) is 38.7 Å². The minimum absolute atomic E-state index is 0.0253. The Labute approximate surface area is 141 Å². The molecule has 0 bridgehead atoms. The summed E-state index contributed by atoms with van der Waals surface area (Å²) in [4.78, 5) is 0. The van der Waals surface area contributed by atoms with Gasteiger partial charge in [-0.15, -0.1) is 0 Å². The van der Waals surface area contributed by atoms with Gasteiger partial charge in [0.1, 0.15) is 6.10 Å². The van der Waals surface area contributed by atoms with Crippen LogP contribution in [0.2, 0.25) is 0 Å². The molecule has 1 N–H and O–H groups in total. The predicted molar refractivity (Wildman–Crippen MR) is 91.5 cm³/mol. The molecule has 1 heterocycles. The Morgan fingerprint density at radius 2 is 1.78 bits per heavy atom. The third-order valence-electron chi connectivity index (χ3n) is 4.66. The van der Waals surface area contributed by atoms with E-state index >= 15 is 0 Å². The van der Waals surface area contributed by atoms with Gasteiger partial charge in [0.15, 0.2) is 5.79 Å². The second-order valence-electron chi connectivity index (χ2n) is 7.15. The van der Waals surface area contributed by atoms with Gasteiger partial charge in [-0.25, -0.2) is 0 Å². The highest BCUT2D eigenvalue weighted by Gasteiger charge is 2.41. The summed E-state index contributed by atoms with van der Waals surface area (Å²) in [6, 6.07) is 0. The van der Waals surface area contributed by atoms with Crippen LogP contribution in [0, 0.1) is 29.6 Å². The minimum Gasteiger partial charge on any atom is -0.380 e. The van der Waals surface area contributed by atoms with Crippen LogP contribution in [0.1, 0.15) is 72.1 Å². The number of hydrogen-bond donors (Lipinski definition) is 1. The smallest absolute Gasteiger partial charge is 0.163 e. The highest BCUT2D eigenvalue weighted by atomic mass is 16.7. The number of rotatable bonds is 4. The van der Waals surface area contributed by atoms with E-state index in [0.29, 0.717) is 12.8 Å². The number of aliphatic hydroxyl groups excluding tert-OH is 1. The maximum atomic E-state index is 9.38. The SMILES string of the molecule is CCC(O)C#CC#CCC1OC(C)(C)OC1CC1CCCCC1. The first-order chi connectivity index (χ1) is 11.0. The van der Waals surface area contributed by atoms with Crippen LogP contribution in [0.15, 0.2) is 0 Å². The molecular weight excluding hydrogens is 288 g/mol. The highest BCUT2D eigenvalue weighted by Crippen LogP contribution is 2.36. The lowest BCUT2D eigenvalue weighted by Gasteiger charge is -2.25. The second-order valence-corrected chi connectivity index (χ2v) is 7.15. The predicted octanol–water partition coefficient (Wildman–Crippen LogP) is 3.64. The number of aliphatic hydroxyl groups is 1. The maximum Gasteiger partial charge on any atom is 0.163 e. The molecule has 0 spiro atoms. The first-order valence-electron chi connectivity index (χ1n) is 9.02. The average Bonchev–Trinajstić information content (AvgIpc) is 2.81. The van der Waals surface area contributed by atoms with Gasteiger partial charge >= 0.3 is 0 Å².